The van der Waals surface area contributed by atoms with Crippen molar-refractivity contribution in [2.24, 2.45) is 4.99 Å². The quantitative estimate of drug-likeness (QED) is 0.721. The molecule has 0 atom stereocenters. The molecule has 0 aliphatic carbocycles. The molecule has 0 amide bonds. The van der Waals surface area contributed by atoms with Crippen LogP contribution in [0.2, 0.25) is 0 Å². The zero-order valence-corrected chi connectivity index (χ0v) is 16.2. The average Bonchev–Trinajstić information content (AvgIpc) is 3.32. The van der Waals surface area contributed by atoms with E-state index in [1.54, 1.807) is 12.4 Å². The summed E-state index contributed by atoms with van der Waals surface area (Å²) in [6, 6.07) is 12.5. The summed E-state index contributed by atoms with van der Waals surface area (Å²) in [7, 11) is 0. The van der Waals surface area contributed by atoms with E-state index in [0.717, 1.165) is 42.9 Å². The number of hydrogen-bond acceptors (Lipinski definition) is 6. The maximum absolute atomic E-state index is 10.4. The van der Waals surface area contributed by atoms with Gasteiger partial charge in [0, 0.05) is 55.4 Å². The van der Waals surface area contributed by atoms with Gasteiger partial charge >= 0.3 is 0 Å². The van der Waals surface area contributed by atoms with Gasteiger partial charge < -0.3 is 19.9 Å². The monoisotopic (exact) mass is 386 g/mol. The van der Waals surface area contributed by atoms with Gasteiger partial charge in [0.25, 0.3) is 0 Å². The number of piperazine rings is 1. The fraction of sp³-hybridized carbons (Fsp3) is 0.227. The van der Waals surface area contributed by atoms with Crippen LogP contribution in [-0.2, 0) is 0 Å². The van der Waals surface area contributed by atoms with Crippen LogP contribution in [0, 0.1) is 6.92 Å². The summed E-state index contributed by atoms with van der Waals surface area (Å²) < 4.78 is 0. The Morgan fingerprint density at radius 1 is 1.07 bits per heavy atom. The molecule has 2 aliphatic rings. The number of hydrogen-bond donors (Lipinski definition) is 2. The molecule has 1 fully saturated rings. The maximum Gasteiger partial charge on any atom is 0.238 e. The van der Waals surface area contributed by atoms with Gasteiger partial charge in [0.2, 0.25) is 11.8 Å². The molecule has 0 bridgehead atoms. The predicted octanol–water partition coefficient (Wildman–Crippen LogP) is 3.40. The van der Waals surface area contributed by atoms with Crippen molar-refractivity contribution in [3.63, 3.8) is 0 Å². The van der Waals surface area contributed by atoms with Crippen LogP contribution in [0.4, 0.5) is 17.5 Å². The first-order valence-corrected chi connectivity index (χ1v) is 9.74. The molecule has 5 rings (SSSR count). The molecule has 1 saturated heterocycles. The van der Waals surface area contributed by atoms with Crippen LogP contribution in [0.15, 0.2) is 47.6 Å². The number of allylic oxidation sites excluding steroid dienone is 1. The number of aromatic amines is 1. The number of H-pyrrole nitrogens is 1. The van der Waals surface area contributed by atoms with E-state index in [-0.39, 0.29) is 5.88 Å². The van der Waals surface area contributed by atoms with Crippen molar-refractivity contribution in [3.8, 4) is 5.88 Å². The summed E-state index contributed by atoms with van der Waals surface area (Å²) in [6.45, 7) is 5.50. The standard InChI is InChI=1S/C22H22N6O/c1-15-11-18-16(14-24-20(18)23-13-15)12-19-21(29)26-22(25-19)28-9-7-27(8-10-28)17-5-3-2-4-6-17/h2-6,11-14,29H,7-10H2,1H3,(H,25,26)/b16-12-. The second-order valence-electron chi connectivity index (χ2n) is 7.35. The third-order valence-electron chi connectivity index (χ3n) is 5.34. The number of aliphatic imine (C=N–C) groups is 1. The highest BCUT2D eigenvalue weighted by molar-refractivity contribution is 6.21. The van der Waals surface area contributed by atoms with Crippen molar-refractivity contribution in [1.82, 2.24) is 15.0 Å². The first-order valence-electron chi connectivity index (χ1n) is 9.74. The molecule has 4 heterocycles. The number of nitrogens with one attached hydrogen (secondary N) is 1. The lowest BCUT2D eigenvalue weighted by Gasteiger charge is -2.35. The minimum Gasteiger partial charge on any atom is -0.492 e. The SMILES string of the molecule is Cc1cnc2c(c1)/C(=C\c1[nH]c(N3CCN(c4ccccc4)CC3)nc1O)C=N2. The Morgan fingerprint density at radius 2 is 1.83 bits per heavy atom. The van der Waals surface area contributed by atoms with E-state index in [1.165, 1.54) is 5.69 Å². The summed E-state index contributed by atoms with van der Waals surface area (Å²) in [4.78, 5) is 20.8. The number of nitrogens with zero attached hydrogens (tertiary/aromatic N) is 5. The minimum absolute atomic E-state index is 0.000418. The zero-order valence-electron chi connectivity index (χ0n) is 16.2. The Morgan fingerprint density at radius 3 is 2.62 bits per heavy atom. The van der Waals surface area contributed by atoms with Gasteiger partial charge in [0.1, 0.15) is 5.69 Å². The minimum atomic E-state index is 0.000418. The molecule has 146 valence electrons. The first kappa shape index (κ1) is 17.5. The molecule has 0 unspecified atom stereocenters. The molecule has 3 aromatic rings. The first-order chi connectivity index (χ1) is 14.2. The maximum atomic E-state index is 10.4. The molecule has 2 aromatic heterocycles. The number of pyridine rings is 1. The van der Waals surface area contributed by atoms with E-state index in [9.17, 15) is 5.11 Å². The number of rotatable bonds is 3. The Labute approximate surface area is 169 Å². The highest BCUT2D eigenvalue weighted by atomic mass is 16.3. The van der Waals surface area contributed by atoms with Crippen LogP contribution in [0.3, 0.4) is 0 Å². The Hall–Kier alpha value is -3.61. The van der Waals surface area contributed by atoms with Crippen LogP contribution in [0.25, 0.3) is 11.6 Å². The summed E-state index contributed by atoms with van der Waals surface area (Å²) in [6.07, 6.45) is 5.46. The van der Waals surface area contributed by atoms with E-state index >= 15 is 0 Å². The molecular formula is C22H22N6O. The van der Waals surface area contributed by atoms with Crippen molar-refractivity contribution < 1.29 is 5.11 Å². The summed E-state index contributed by atoms with van der Waals surface area (Å²) in [5.41, 5.74) is 4.78. The molecule has 0 saturated carbocycles. The summed E-state index contributed by atoms with van der Waals surface area (Å²) >= 11 is 0. The second kappa shape index (κ2) is 7.09. The third-order valence-corrected chi connectivity index (χ3v) is 5.34. The fourth-order valence-corrected chi connectivity index (χ4v) is 3.78. The van der Waals surface area contributed by atoms with Gasteiger partial charge in [0.15, 0.2) is 5.82 Å². The van der Waals surface area contributed by atoms with E-state index in [4.69, 9.17) is 0 Å². The molecule has 2 N–H and O–H groups in total. The summed E-state index contributed by atoms with van der Waals surface area (Å²) in [5, 5.41) is 10.4. The number of para-hydroxylation sites is 1. The van der Waals surface area contributed by atoms with Crippen LogP contribution in [0.1, 0.15) is 16.8 Å². The Kier molecular flexibility index (Phi) is 4.27. The normalized spacial score (nSPS) is 17.2. The van der Waals surface area contributed by atoms with Gasteiger partial charge in [-0.05, 0) is 36.8 Å². The lowest BCUT2D eigenvalue weighted by molar-refractivity contribution is 0.455. The Bertz CT molecular complexity index is 1090. The van der Waals surface area contributed by atoms with Gasteiger partial charge in [-0.1, -0.05) is 18.2 Å². The smallest absolute Gasteiger partial charge is 0.238 e. The van der Waals surface area contributed by atoms with Gasteiger partial charge in [0.05, 0.1) is 0 Å². The van der Waals surface area contributed by atoms with Gasteiger partial charge in [-0.25, -0.2) is 9.98 Å². The highest BCUT2D eigenvalue weighted by Gasteiger charge is 2.21. The van der Waals surface area contributed by atoms with Crippen LogP contribution >= 0.6 is 0 Å². The van der Waals surface area contributed by atoms with Crippen molar-refractivity contribution in [2.75, 3.05) is 36.0 Å². The average molecular weight is 386 g/mol. The van der Waals surface area contributed by atoms with Crippen molar-refractivity contribution in [2.45, 2.75) is 6.92 Å². The molecule has 29 heavy (non-hydrogen) atoms. The number of fused-ring (bicyclic) bond motifs is 1. The number of aromatic hydroxyl groups is 1. The van der Waals surface area contributed by atoms with Crippen molar-refractivity contribution in [3.05, 3.63) is 59.4 Å². The van der Waals surface area contributed by atoms with Gasteiger partial charge in [-0.2, -0.15) is 4.98 Å². The predicted molar refractivity (Wildman–Crippen MR) is 116 cm³/mol. The van der Waals surface area contributed by atoms with Crippen molar-refractivity contribution in [1.29, 1.82) is 0 Å². The number of benzene rings is 1. The van der Waals surface area contributed by atoms with E-state index < -0.39 is 0 Å². The van der Waals surface area contributed by atoms with Gasteiger partial charge in [-0.15, -0.1) is 0 Å². The number of anilines is 2. The van der Waals surface area contributed by atoms with Crippen LogP contribution in [-0.4, -0.2) is 52.5 Å². The molecule has 7 nitrogen and oxygen atoms in total. The molecule has 1 aromatic carbocycles. The fourth-order valence-electron chi connectivity index (χ4n) is 3.78. The van der Waals surface area contributed by atoms with Crippen LogP contribution in [0.5, 0.6) is 5.88 Å². The molecule has 0 radical (unpaired) electrons. The van der Waals surface area contributed by atoms with Crippen molar-refractivity contribution >= 4 is 35.3 Å². The van der Waals surface area contributed by atoms with Crippen LogP contribution < -0.4 is 9.80 Å². The number of aromatic nitrogens is 3. The number of aryl methyl sites for hydroxylation is 1. The Balaban J connectivity index is 1.33. The third kappa shape index (κ3) is 3.35. The van der Waals surface area contributed by atoms with E-state index in [2.05, 4.69) is 60.1 Å². The largest absolute Gasteiger partial charge is 0.492 e. The van der Waals surface area contributed by atoms with E-state index in [0.29, 0.717) is 17.5 Å². The van der Waals surface area contributed by atoms with Gasteiger partial charge in [-0.3, -0.25) is 0 Å². The molecule has 0 spiro atoms. The second-order valence-corrected chi connectivity index (χ2v) is 7.35. The zero-order chi connectivity index (χ0) is 19.8. The lowest BCUT2D eigenvalue weighted by atomic mass is 10.1. The summed E-state index contributed by atoms with van der Waals surface area (Å²) in [5.74, 6) is 1.40. The van der Waals surface area contributed by atoms with E-state index in [1.807, 2.05) is 19.1 Å². The topological polar surface area (TPSA) is 80.6 Å². The molecule has 2 aliphatic heterocycles. The molecule has 7 heteroatoms. The lowest BCUT2D eigenvalue weighted by Crippen LogP contribution is -2.46. The number of imidazole rings is 1. The molecular weight excluding hydrogens is 364 g/mol. The highest BCUT2D eigenvalue weighted by Crippen LogP contribution is 2.33.